The van der Waals surface area contributed by atoms with Gasteiger partial charge in [0, 0.05) is 0 Å². The Morgan fingerprint density at radius 3 is 0.556 bits per heavy atom. The Bertz CT molecular complexity index is 13.0. The zero-order valence-corrected chi connectivity index (χ0v) is 6.98. The molecule has 0 rings (SSSR count). The average Bonchev–Trinajstić information content (AvgIpc) is 0.811. The molecule has 0 aromatic rings. The van der Waals surface area contributed by atoms with Gasteiger partial charge in [-0.15, -0.1) is 0 Å². The molecule has 0 heterocycles. The number of rotatable bonds is 0. The molecule has 0 spiro atoms. The fraction of sp³-hybridized carbons (Fsp3) is 1.00. The Morgan fingerprint density at radius 1 is 0.556 bits per heavy atom. The van der Waals surface area contributed by atoms with Crippen molar-refractivity contribution in [2.75, 3.05) is 21.1 Å². The molecule has 0 aliphatic rings. The van der Waals surface area contributed by atoms with Gasteiger partial charge in [0.05, 0.1) is 0 Å². The van der Waals surface area contributed by atoms with Gasteiger partial charge in [0.25, 0.3) is 0 Å². The van der Waals surface area contributed by atoms with Gasteiger partial charge < -0.3 is 35.7 Å². The van der Waals surface area contributed by atoms with Crippen LogP contribution in [0, 0.1) is 0 Å². The molecule has 0 amide bonds. The lowest BCUT2D eigenvalue weighted by molar-refractivity contribution is 0.505. The minimum Gasteiger partial charge on any atom is -0.344 e. The van der Waals surface area contributed by atoms with Gasteiger partial charge in [-0.25, -0.2) is 0 Å². The third-order valence-corrected chi connectivity index (χ3v) is 0. The normalized spacial score (nSPS) is 4.00. The molecular formula is C3H24N6. The van der Waals surface area contributed by atoms with Crippen LogP contribution < -0.4 is 30.8 Å². The Morgan fingerprint density at radius 2 is 0.556 bits per heavy atom. The van der Waals surface area contributed by atoms with E-state index in [4.69, 9.17) is 0 Å². The summed E-state index contributed by atoms with van der Waals surface area (Å²) in [5, 5.41) is 0. The van der Waals surface area contributed by atoms with Crippen molar-refractivity contribution in [3.63, 3.8) is 0 Å². The van der Waals surface area contributed by atoms with Gasteiger partial charge in [0.2, 0.25) is 0 Å². The predicted molar refractivity (Wildman–Crippen MR) is 44.7 cm³/mol. The second-order valence-electron chi connectivity index (χ2n) is 1.34. The molecule has 0 aromatic carbocycles. The van der Waals surface area contributed by atoms with E-state index in [1.165, 1.54) is 0 Å². The highest BCUT2D eigenvalue weighted by Gasteiger charge is 1.58. The molecule has 0 radical (unpaired) electrons. The Balaban J connectivity index is -0.00000000450. The molecule has 15 N–H and O–H groups in total. The summed E-state index contributed by atoms with van der Waals surface area (Å²) in [6.07, 6.45) is 0. The standard InChI is InChI=1S/C3H9N.5H3N/c1-4(2)3;;;;;/h1-3H3;5*1H3. The van der Waals surface area contributed by atoms with Crippen molar-refractivity contribution in [2.45, 2.75) is 0 Å². The quantitative estimate of drug-likeness (QED) is 0.338. The first-order valence-electron chi connectivity index (χ1n) is 1.34. The Labute approximate surface area is 57.9 Å². The Hall–Kier alpha value is -0.240. The van der Waals surface area contributed by atoms with Crippen LogP contribution in [-0.2, 0) is 0 Å². The van der Waals surface area contributed by atoms with Gasteiger partial charge in [-0.2, -0.15) is 0 Å². The molecule has 0 aliphatic heterocycles. The van der Waals surface area contributed by atoms with Crippen molar-refractivity contribution in [3.05, 3.63) is 0 Å². The first-order valence-corrected chi connectivity index (χ1v) is 1.34. The van der Waals surface area contributed by atoms with Crippen molar-refractivity contribution in [2.24, 2.45) is 0 Å². The molecule has 0 aromatic heterocycles. The second kappa shape index (κ2) is 46.6. The first-order chi connectivity index (χ1) is 1.73. The third kappa shape index (κ3) is 4470. The maximum absolute atomic E-state index is 2.00. The fourth-order valence-electron chi connectivity index (χ4n) is 0. The molecule has 0 saturated heterocycles. The van der Waals surface area contributed by atoms with E-state index in [1.54, 1.807) is 0 Å². The minimum atomic E-state index is 0. The van der Waals surface area contributed by atoms with E-state index < -0.39 is 0 Å². The minimum absolute atomic E-state index is 0. The van der Waals surface area contributed by atoms with Crippen molar-refractivity contribution >= 4 is 0 Å². The zero-order chi connectivity index (χ0) is 3.58. The molecule has 0 saturated carbocycles. The molecule has 0 unspecified atom stereocenters. The zero-order valence-electron chi connectivity index (χ0n) is 6.98. The highest BCUT2D eigenvalue weighted by Crippen LogP contribution is 1.47. The van der Waals surface area contributed by atoms with Crippen LogP contribution in [0.4, 0.5) is 0 Å². The maximum Gasteiger partial charge on any atom is -0.0140 e. The number of nitrogens with zero attached hydrogens (tertiary/aromatic N) is 1. The summed E-state index contributed by atoms with van der Waals surface area (Å²) >= 11 is 0. The highest BCUT2D eigenvalue weighted by molar-refractivity contribution is 4.09. The number of hydrogen-bond acceptors (Lipinski definition) is 6. The largest absolute Gasteiger partial charge is 0.344 e. The van der Waals surface area contributed by atoms with Crippen LogP contribution in [0.3, 0.4) is 0 Å². The summed E-state index contributed by atoms with van der Waals surface area (Å²) in [6.45, 7) is 0. The first kappa shape index (κ1) is 69.2. The van der Waals surface area contributed by atoms with E-state index in [2.05, 4.69) is 0 Å². The third-order valence-electron chi connectivity index (χ3n) is 0. The van der Waals surface area contributed by atoms with Crippen LogP contribution in [0.15, 0.2) is 0 Å². The molecule has 66 valence electrons. The van der Waals surface area contributed by atoms with Gasteiger partial charge in [-0.3, -0.25) is 0 Å². The Kier molecular flexibility index (Phi) is 358. The molecule has 6 nitrogen and oxygen atoms in total. The predicted octanol–water partition coefficient (Wildman–Crippen LogP) is 0.988. The lowest BCUT2D eigenvalue weighted by Crippen LogP contribution is -1.99. The van der Waals surface area contributed by atoms with Gasteiger partial charge in [-0.1, -0.05) is 0 Å². The fourth-order valence-corrected chi connectivity index (χ4v) is 0. The average molecular weight is 144 g/mol. The van der Waals surface area contributed by atoms with Crippen LogP contribution >= 0.6 is 0 Å². The van der Waals surface area contributed by atoms with E-state index in [9.17, 15) is 0 Å². The number of hydrogen-bond donors (Lipinski definition) is 5. The summed E-state index contributed by atoms with van der Waals surface area (Å²) < 4.78 is 0. The molecule has 0 fully saturated rings. The van der Waals surface area contributed by atoms with E-state index in [1.807, 2.05) is 26.0 Å². The van der Waals surface area contributed by atoms with Crippen LogP contribution in [0.1, 0.15) is 0 Å². The highest BCUT2D eigenvalue weighted by atomic mass is 15.0. The molecule has 9 heavy (non-hydrogen) atoms. The van der Waals surface area contributed by atoms with Gasteiger partial charge in [0.1, 0.15) is 0 Å². The van der Waals surface area contributed by atoms with Crippen molar-refractivity contribution in [1.29, 1.82) is 0 Å². The summed E-state index contributed by atoms with van der Waals surface area (Å²) in [5.41, 5.74) is 0. The van der Waals surface area contributed by atoms with Gasteiger partial charge in [-0.05, 0) is 21.1 Å². The lowest BCUT2D eigenvalue weighted by atomic mass is 11.0. The van der Waals surface area contributed by atoms with E-state index in [0.29, 0.717) is 0 Å². The van der Waals surface area contributed by atoms with E-state index >= 15 is 0 Å². The van der Waals surface area contributed by atoms with E-state index in [-0.39, 0.29) is 30.8 Å². The monoisotopic (exact) mass is 144 g/mol. The molecule has 0 aliphatic carbocycles. The molecule has 6 heteroatoms. The van der Waals surface area contributed by atoms with Crippen molar-refractivity contribution in [1.82, 2.24) is 35.7 Å². The topological polar surface area (TPSA) is 178 Å². The molecule has 0 bridgehead atoms. The van der Waals surface area contributed by atoms with Crippen molar-refractivity contribution in [3.8, 4) is 0 Å². The summed E-state index contributed by atoms with van der Waals surface area (Å²) in [4.78, 5) is 2.00. The smallest absolute Gasteiger partial charge is 0.0140 e. The lowest BCUT2D eigenvalue weighted by Gasteiger charge is -1.90. The van der Waals surface area contributed by atoms with Gasteiger partial charge in [0.15, 0.2) is 0 Å². The van der Waals surface area contributed by atoms with Crippen LogP contribution in [0.2, 0.25) is 0 Å². The maximum atomic E-state index is 2.00. The molecular weight excluding hydrogens is 120 g/mol. The second-order valence-corrected chi connectivity index (χ2v) is 1.34. The van der Waals surface area contributed by atoms with Crippen LogP contribution in [-0.4, -0.2) is 26.0 Å². The summed E-state index contributed by atoms with van der Waals surface area (Å²) in [5.74, 6) is 0. The SMILES string of the molecule is CN(C)C.N.N.N.N.N. The molecule has 0 atom stereocenters. The van der Waals surface area contributed by atoms with Crippen molar-refractivity contribution < 1.29 is 0 Å². The summed E-state index contributed by atoms with van der Waals surface area (Å²) in [7, 11) is 6.00. The van der Waals surface area contributed by atoms with Crippen LogP contribution in [0.25, 0.3) is 0 Å². The van der Waals surface area contributed by atoms with Gasteiger partial charge >= 0.3 is 0 Å². The summed E-state index contributed by atoms with van der Waals surface area (Å²) in [6, 6.07) is 0. The van der Waals surface area contributed by atoms with Crippen LogP contribution in [0.5, 0.6) is 0 Å². The van der Waals surface area contributed by atoms with E-state index in [0.717, 1.165) is 0 Å².